The van der Waals surface area contributed by atoms with Crippen LogP contribution in [0.3, 0.4) is 0 Å². The lowest BCUT2D eigenvalue weighted by atomic mass is 10.2. The molecule has 0 spiro atoms. The minimum absolute atomic E-state index is 0.0195. The van der Waals surface area contributed by atoms with Crippen LogP contribution in [0.15, 0.2) is 27.6 Å². The average Bonchev–Trinajstić information content (AvgIpc) is 2.54. The molecule has 0 saturated carbocycles. The van der Waals surface area contributed by atoms with Crippen LogP contribution in [0, 0.1) is 6.92 Å². The molecule has 23 heavy (non-hydrogen) atoms. The fourth-order valence-electron chi connectivity index (χ4n) is 2.44. The molecule has 1 aliphatic heterocycles. The van der Waals surface area contributed by atoms with Gasteiger partial charge in [-0.15, -0.1) is 11.8 Å². The highest BCUT2D eigenvalue weighted by molar-refractivity contribution is 9.10. The van der Waals surface area contributed by atoms with Crippen molar-refractivity contribution in [2.75, 3.05) is 45.5 Å². The predicted octanol–water partition coefficient (Wildman–Crippen LogP) is 1.74. The Morgan fingerprint density at radius 1 is 1.26 bits per heavy atom. The second-order valence-corrected chi connectivity index (χ2v) is 7.46. The Hall–Kier alpha value is -1.05. The Balaban J connectivity index is 1.78. The number of rotatable bonds is 5. The molecule has 0 unspecified atom stereocenters. The summed E-state index contributed by atoms with van der Waals surface area (Å²) in [7, 11) is 1.64. The summed E-state index contributed by atoms with van der Waals surface area (Å²) in [5.41, 5.74) is 1.17. The molecule has 1 aromatic carbocycles. The van der Waals surface area contributed by atoms with E-state index in [1.165, 1.54) is 5.56 Å². The molecule has 1 heterocycles. The molecule has 126 valence electrons. The van der Waals surface area contributed by atoms with Crippen molar-refractivity contribution in [1.29, 1.82) is 0 Å². The van der Waals surface area contributed by atoms with Crippen molar-refractivity contribution in [3.05, 3.63) is 28.2 Å². The Morgan fingerprint density at radius 3 is 2.57 bits per heavy atom. The van der Waals surface area contributed by atoms with Crippen LogP contribution in [-0.4, -0.2) is 67.1 Å². The topological polar surface area (TPSA) is 52.7 Å². The minimum atomic E-state index is 0.0195. The number of amides is 2. The van der Waals surface area contributed by atoms with Gasteiger partial charge in [-0.1, -0.05) is 15.9 Å². The Labute approximate surface area is 149 Å². The molecule has 1 saturated heterocycles. The van der Waals surface area contributed by atoms with Crippen LogP contribution in [0.1, 0.15) is 5.56 Å². The third-order valence-electron chi connectivity index (χ3n) is 3.86. The summed E-state index contributed by atoms with van der Waals surface area (Å²) in [6, 6.07) is 6.10. The van der Waals surface area contributed by atoms with Gasteiger partial charge in [0.1, 0.15) is 0 Å². The number of hydrogen-bond donors (Lipinski definition) is 1. The summed E-state index contributed by atoms with van der Waals surface area (Å²) < 4.78 is 1.05. The molecule has 0 aliphatic carbocycles. The van der Waals surface area contributed by atoms with E-state index in [1.807, 2.05) is 17.0 Å². The fourth-order valence-corrected chi connectivity index (χ4v) is 3.83. The lowest BCUT2D eigenvalue weighted by Gasteiger charge is -2.34. The van der Waals surface area contributed by atoms with Crippen LogP contribution in [0.4, 0.5) is 0 Å². The molecular formula is C16H22BrN3O2S. The van der Waals surface area contributed by atoms with E-state index >= 15 is 0 Å². The van der Waals surface area contributed by atoms with Crippen LogP contribution in [0.5, 0.6) is 0 Å². The van der Waals surface area contributed by atoms with Gasteiger partial charge in [0.15, 0.2) is 0 Å². The SMILES string of the molecule is CNC(=O)CN1CCN(C(=O)CSc2ccc(Br)cc2C)CC1. The number of benzene rings is 1. The third-order valence-corrected chi connectivity index (χ3v) is 5.51. The molecule has 2 rings (SSSR count). The first-order valence-corrected chi connectivity index (χ1v) is 9.37. The van der Waals surface area contributed by atoms with Gasteiger partial charge in [0.25, 0.3) is 0 Å². The lowest BCUT2D eigenvalue weighted by Crippen LogP contribution is -2.51. The van der Waals surface area contributed by atoms with Crippen molar-refractivity contribution in [1.82, 2.24) is 15.1 Å². The molecule has 0 radical (unpaired) electrons. The standard InChI is InChI=1S/C16H22BrN3O2S/c1-12-9-13(17)3-4-14(12)23-11-16(22)20-7-5-19(6-8-20)10-15(21)18-2/h3-4,9H,5-8,10-11H2,1-2H3,(H,18,21). The molecule has 2 amide bonds. The van der Waals surface area contributed by atoms with E-state index in [4.69, 9.17) is 0 Å². The molecule has 0 atom stereocenters. The van der Waals surface area contributed by atoms with Gasteiger partial charge >= 0.3 is 0 Å². The van der Waals surface area contributed by atoms with E-state index in [9.17, 15) is 9.59 Å². The van der Waals surface area contributed by atoms with Crippen molar-refractivity contribution in [2.45, 2.75) is 11.8 Å². The van der Waals surface area contributed by atoms with E-state index in [2.05, 4.69) is 39.1 Å². The third kappa shape index (κ3) is 5.51. The van der Waals surface area contributed by atoms with Crippen molar-refractivity contribution in [3.63, 3.8) is 0 Å². The van der Waals surface area contributed by atoms with Crippen LogP contribution in [-0.2, 0) is 9.59 Å². The van der Waals surface area contributed by atoms with Gasteiger partial charge in [0, 0.05) is 42.6 Å². The number of likely N-dealkylation sites (N-methyl/N-ethyl adjacent to an activating group) is 1. The van der Waals surface area contributed by atoms with E-state index in [0.29, 0.717) is 25.4 Å². The van der Waals surface area contributed by atoms with Crippen molar-refractivity contribution in [3.8, 4) is 0 Å². The fraction of sp³-hybridized carbons (Fsp3) is 0.500. The summed E-state index contributed by atoms with van der Waals surface area (Å²) >= 11 is 5.03. The Kier molecular flexibility index (Phi) is 6.92. The number of carbonyl (C=O) groups is 2. The van der Waals surface area contributed by atoms with Gasteiger partial charge in [-0.25, -0.2) is 0 Å². The molecule has 0 aromatic heterocycles. The van der Waals surface area contributed by atoms with E-state index < -0.39 is 0 Å². The number of hydrogen-bond acceptors (Lipinski definition) is 4. The first kappa shape index (κ1) is 18.3. The largest absolute Gasteiger partial charge is 0.358 e. The summed E-state index contributed by atoms with van der Waals surface area (Å²) in [5, 5.41) is 2.63. The van der Waals surface area contributed by atoms with Crippen molar-refractivity contribution >= 4 is 39.5 Å². The smallest absolute Gasteiger partial charge is 0.233 e. The normalized spacial score (nSPS) is 15.5. The highest BCUT2D eigenvalue weighted by atomic mass is 79.9. The Bertz CT molecular complexity index is 574. The summed E-state index contributed by atoms with van der Waals surface area (Å²) in [6.45, 7) is 5.34. The highest BCUT2D eigenvalue weighted by Gasteiger charge is 2.22. The van der Waals surface area contributed by atoms with Crippen LogP contribution in [0.2, 0.25) is 0 Å². The first-order chi connectivity index (χ1) is 11.0. The maximum atomic E-state index is 12.3. The number of halogens is 1. The van der Waals surface area contributed by atoms with Crippen molar-refractivity contribution < 1.29 is 9.59 Å². The molecule has 1 aromatic rings. The molecule has 1 aliphatic rings. The van der Waals surface area contributed by atoms with Gasteiger partial charge in [0.2, 0.25) is 11.8 Å². The van der Waals surface area contributed by atoms with Gasteiger partial charge in [-0.05, 0) is 30.7 Å². The molecule has 0 bridgehead atoms. The van der Waals surface area contributed by atoms with E-state index in [-0.39, 0.29) is 11.8 Å². The predicted molar refractivity (Wildman–Crippen MR) is 96.7 cm³/mol. The number of piperazine rings is 1. The Morgan fingerprint density at radius 2 is 1.96 bits per heavy atom. The maximum Gasteiger partial charge on any atom is 0.233 e. The monoisotopic (exact) mass is 399 g/mol. The molecule has 1 fully saturated rings. The van der Waals surface area contributed by atoms with E-state index in [0.717, 1.165) is 22.5 Å². The summed E-state index contributed by atoms with van der Waals surface area (Å²) in [6.07, 6.45) is 0. The van der Waals surface area contributed by atoms with Crippen molar-refractivity contribution in [2.24, 2.45) is 0 Å². The minimum Gasteiger partial charge on any atom is -0.358 e. The van der Waals surface area contributed by atoms with Crippen LogP contribution >= 0.6 is 27.7 Å². The number of nitrogens with one attached hydrogen (secondary N) is 1. The van der Waals surface area contributed by atoms with Gasteiger partial charge in [-0.3, -0.25) is 14.5 Å². The molecule has 1 N–H and O–H groups in total. The van der Waals surface area contributed by atoms with Crippen LogP contribution < -0.4 is 5.32 Å². The molecule has 7 heteroatoms. The van der Waals surface area contributed by atoms with Gasteiger partial charge in [-0.2, -0.15) is 0 Å². The quantitative estimate of drug-likeness (QED) is 0.766. The molecule has 5 nitrogen and oxygen atoms in total. The second kappa shape index (κ2) is 8.70. The zero-order chi connectivity index (χ0) is 16.8. The van der Waals surface area contributed by atoms with Gasteiger partial charge < -0.3 is 10.2 Å². The molecular weight excluding hydrogens is 378 g/mol. The zero-order valence-corrected chi connectivity index (χ0v) is 15.9. The van der Waals surface area contributed by atoms with Gasteiger partial charge in [0.05, 0.1) is 12.3 Å². The lowest BCUT2D eigenvalue weighted by molar-refractivity contribution is -0.130. The summed E-state index contributed by atoms with van der Waals surface area (Å²) in [5.74, 6) is 0.640. The second-order valence-electron chi connectivity index (χ2n) is 5.53. The zero-order valence-electron chi connectivity index (χ0n) is 13.5. The first-order valence-electron chi connectivity index (χ1n) is 7.59. The highest BCUT2D eigenvalue weighted by Crippen LogP contribution is 2.25. The van der Waals surface area contributed by atoms with Crippen LogP contribution in [0.25, 0.3) is 0 Å². The maximum absolute atomic E-state index is 12.3. The number of thioether (sulfide) groups is 1. The summed E-state index contributed by atoms with van der Waals surface area (Å²) in [4.78, 5) is 28.8. The average molecular weight is 400 g/mol. The number of aryl methyl sites for hydroxylation is 1. The number of carbonyl (C=O) groups excluding carboxylic acids is 2. The van der Waals surface area contributed by atoms with E-state index in [1.54, 1.807) is 18.8 Å². The number of nitrogens with zero attached hydrogens (tertiary/aromatic N) is 2.